The zero-order valence-corrected chi connectivity index (χ0v) is 25.1. The monoisotopic (exact) mass is 662 g/mol. The van der Waals surface area contributed by atoms with Gasteiger partial charge in [0.15, 0.2) is 17.8 Å². The lowest BCUT2D eigenvalue weighted by Crippen LogP contribution is -2.60. The van der Waals surface area contributed by atoms with Crippen LogP contribution in [0.15, 0.2) is 65.9 Å². The lowest BCUT2D eigenvalue weighted by molar-refractivity contribution is -0.327. The zero-order chi connectivity index (χ0) is 34.1. The van der Waals surface area contributed by atoms with E-state index in [1.165, 1.54) is 36.4 Å². The first-order chi connectivity index (χ1) is 22.5. The number of aliphatic hydroxyl groups excluding tert-OH is 5. The lowest BCUT2D eigenvalue weighted by Gasteiger charge is -2.42. The second-order valence-electron chi connectivity index (χ2n) is 10.9. The number of phenolic OH excluding ortho intramolecular Hbond substituents is 3. The summed E-state index contributed by atoms with van der Waals surface area (Å²) in [6, 6.07) is 10.5. The largest absolute Gasteiger partial charge is 0.508 e. The van der Waals surface area contributed by atoms with Gasteiger partial charge < -0.3 is 64.5 Å². The third-order valence-electron chi connectivity index (χ3n) is 7.66. The number of aromatic hydroxyl groups is 3. The number of hydrogen-bond acceptors (Lipinski definition) is 15. The van der Waals surface area contributed by atoms with Crippen LogP contribution in [0.5, 0.6) is 17.2 Å². The predicted octanol–water partition coefficient (Wildman–Crippen LogP) is -0.343. The Hall–Kier alpha value is -4.22. The molecule has 0 unspecified atom stereocenters. The fourth-order valence-corrected chi connectivity index (χ4v) is 5.05. The van der Waals surface area contributed by atoms with Crippen molar-refractivity contribution in [2.45, 2.75) is 56.3 Å². The smallest absolute Gasteiger partial charge is 0.337 e. The molecule has 2 aromatic rings. The summed E-state index contributed by atoms with van der Waals surface area (Å²) in [4.78, 5) is 26.3. The SMILES string of the molecule is O=C(C[C@@H]1C(C(=O)OCCc2ccc(O)c(O)c2)=CO[C@@H](O[C@@H]2O[C@H](CO)[C@@H](O)[C@H](O)[C@H]2O)/C1=C\CO)OCCc1ccc(O)cc1. The number of benzene rings is 2. The number of hydrogen-bond donors (Lipinski definition) is 8. The maximum absolute atomic E-state index is 13.3. The Balaban J connectivity index is 1.51. The van der Waals surface area contributed by atoms with Crippen molar-refractivity contribution in [1.82, 2.24) is 0 Å². The van der Waals surface area contributed by atoms with Crippen LogP contribution >= 0.6 is 0 Å². The molecule has 47 heavy (non-hydrogen) atoms. The van der Waals surface area contributed by atoms with Gasteiger partial charge in [0, 0.05) is 24.3 Å². The summed E-state index contributed by atoms with van der Waals surface area (Å²) in [7, 11) is 0. The molecule has 4 rings (SSSR count). The first kappa shape index (κ1) is 35.6. The van der Waals surface area contributed by atoms with E-state index in [0.29, 0.717) is 12.0 Å². The lowest BCUT2D eigenvalue weighted by atomic mass is 9.86. The second kappa shape index (κ2) is 16.6. The molecule has 2 heterocycles. The fourth-order valence-electron chi connectivity index (χ4n) is 5.05. The molecule has 15 heteroatoms. The van der Waals surface area contributed by atoms with E-state index in [0.717, 1.165) is 11.8 Å². The number of esters is 2. The van der Waals surface area contributed by atoms with Gasteiger partial charge in [0.05, 0.1) is 44.7 Å². The zero-order valence-electron chi connectivity index (χ0n) is 25.1. The molecular weight excluding hydrogens is 624 g/mol. The summed E-state index contributed by atoms with van der Waals surface area (Å²) < 4.78 is 27.6. The standard InChI is InChI=1S/C32H38O15/c33-10-7-20-21(14-26(38)43-11-8-17-1-4-19(35)5-2-17)22(30(42)44-12-9-18-3-6-23(36)24(37)13-18)16-45-31(20)47-32-29(41)28(40)27(39)25(15-34)46-32/h1-7,13,16,21,25,27-29,31-37,39-41H,8-12,14-15H2/b20-7-/t21-,25+,27+,28-,29+,31-,32-/m0/s1. The van der Waals surface area contributed by atoms with E-state index < -0.39 is 74.5 Å². The van der Waals surface area contributed by atoms with Crippen molar-refractivity contribution in [3.63, 3.8) is 0 Å². The van der Waals surface area contributed by atoms with Gasteiger partial charge in [-0.3, -0.25) is 4.79 Å². The van der Waals surface area contributed by atoms with Crippen LogP contribution in [0.1, 0.15) is 17.5 Å². The van der Waals surface area contributed by atoms with Crippen molar-refractivity contribution >= 4 is 11.9 Å². The van der Waals surface area contributed by atoms with E-state index in [-0.39, 0.29) is 48.0 Å². The van der Waals surface area contributed by atoms with E-state index in [4.69, 9.17) is 23.7 Å². The number of aliphatic hydroxyl groups is 5. The Morgan fingerprint density at radius 1 is 0.830 bits per heavy atom. The highest BCUT2D eigenvalue weighted by Crippen LogP contribution is 2.36. The van der Waals surface area contributed by atoms with Crippen LogP contribution in [0, 0.1) is 5.92 Å². The minimum Gasteiger partial charge on any atom is -0.508 e. The minimum atomic E-state index is -1.79. The summed E-state index contributed by atoms with van der Waals surface area (Å²) in [6.45, 7) is -1.49. The highest BCUT2D eigenvalue weighted by Gasteiger charge is 2.47. The molecule has 7 atom stereocenters. The first-order valence-electron chi connectivity index (χ1n) is 14.8. The van der Waals surface area contributed by atoms with Gasteiger partial charge in [-0.1, -0.05) is 24.3 Å². The van der Waals surface area contributed by atoms with Crippen molar-refractivity contribution in [2.24, 2.45) is 5.92 Å². The van der Waals surface area contributed by atoms with Crippen molar-refractivity contribution in [3.05, 3.63) is 77.1 Å². The van der Waals surface area contributed by atoms with Crippen molar-refractivity contribution < 1.29 is 74.1 Å². The van der Waals surface area contributed by atoms with Crippen LogP contribution in [0.2, 0.25) is 0 Å². The van der Waals surface area contributed by atoms with E-state index in [9.17, 15) is 50.4 Å². The number of ether oxygens (including phenoxy) is 5. The Bertz CT molecular complexity index is 1420. The normalized spacial score (nSPS) is 26.7. The summed E-state index contributed by atoms with van der Waals surface area (Å²) in [5.74, 6) is -3.31. The molecule has 1 saturated heterocycles. The summed E-state index contributed by atoms with van der Waals surface area (Å²) in [5.41, 5.74) is 1.27. The van der Waals surface area contributed by atoms with Crippen LogP contribution in [-0.2, 0) is 46.1 Å². The van der Waals surface area contributed by atoms with E-state index in [1.807, 2.05) is 0 Å². The van der Waals surface area contributed by atoms with Gasteiger partial charge in [0.2, 0.25) is 6.29 Å². The fraction of sp³-hybridized carbons (Fsp3) is 0.438. The topological polar surface area (TPSA) is 242 Å². The second-order valence-corrected chi connectivity index (χ2v) is 10.9. The van der Waals surface area contributed by atoms with Crippen LogP contribution in [0.25, 0.3) is 0 Å². The highest BCUT2D eigenvalue weighted by atomic mass is 16.8. The van der Waals surface area contributed by atoms with E-state index in [2.05, 4.69) is 0 Å². The molecule has 2 aliphatic rings. The van der Waals surface area contributed by atoms with Crippen LogP contribution in [0.4, 0.5) is 0 Å². The van der Waals surface area contributed by atoms with Gasteiger partial charge in [-0.25, -0.2) is 4.79 Å². The molecule has 0 aliphatic carbocycles. The highest BCUT2D eigenvalue weighted by molar-refractivity contribution is 5.91. The third-order valence-corrected chi connectivity index (χ3v) is 7.66. The average Bonchev–Trinajstić information content (AvgIpc) is 3.05. The quantitative estimate of drug-likeness (QED) is 0.0777. The van der Waals surface area contributed by atoms with Gasteiger partial charge in [-0.05, 0) is 35.4 Å². The Kier molecular flexibility index (Phi) is 12.6. The Morgan fingerprint density at radius 2 is 1.51 bits per heavy atom. The molecule has 1 fully saturated rings. The average molecular weight is 663 g/mol. The van der Waals surface area contributed by atoms with E-state index in [1.54, 1.807) is 12.1 Å². The minimum absolute atomic E-state index is 0.0281. The molecule has 2 aromatic carbocycles. The van der Waals surface area contributed by atoms with Crippen LogP contribution in [-0.4, -0.2) is 116 Å². The van der Waals surface area contributed by atoms with Gasteiger partial charge in [0.25, 0.3) is 0 Å². The van der Waals surface area contributed by atoms with Gasteiger partial charge in [-0.2, -0.15) is 0 Å². The molecular formula is C32H38O15. The van der Waals surface area contributed by atoms with Gasteiger partial charge in [0.1, 0.15) is 30.2 Å². The molecule has 256 valence electrons. The maximum Gasteiger partial charge on any atom is 0.337 e. The molecule has 0 aromatic heterocycles. The molecule has 0 spiro atoms. The molecule has 0 bridgehead atoms. The molecule has 0 radical (unpaired) electrons. The molecule has 0 amide bonds. The number of carbonyl (C=O) groups excluding carboxylic acids is 2. The number of carbonyl (C=O) groups is 2. The first-order valence-corrected chi connectivity index (χ1v) is 14.8. The number of phenols is 3. The molecule has 2 aliphatic heterocycles. The van der Waals surface area contributed by atoms with E-state index >= 15 is 0 Å². The van der Waals surface area contributed by atoms with Crippen molar-refractivity contribution in [1.29, 1.82) is 0 Å². The summed E-state index contributed by atoms with van der Waals surface area (Å²) in [5, 5.41) is 78.8. The number of rotatable bonds is 13. The summed E-state index contributed by atoms with van der Waals surface area (Å²) in [6.07, 6.45) is -7.32. The molecule has 0 saturated carbocycles. The van der Waals surface area contributed by atoms with Crippen LogP contribution in [0.3, 0.4) is 0 Å². The molecule has 15 nitrogen and oxygen atoms in total. The third kappa shape index (κ3) is 9.20. The predicted molar refractivity (Wildman–Crippen MR) is 158 cm³/mol. The van der Waals surface area contributed by atoms with Gasteiger partial charge >= 0.3 is 11.9 Å². The van der Waals surface area contributed by atoms with Crippen molar-refractivity contribution in [2.75, 3.05) is 26.4 Å². The summed E-state index contributed by atoms with van der Waals surface area (Å²) >= 11 is 0. The van der Waals surface area contributed by atoms with Crippen molar-refractivity contribution in [3.8, 4) is 17.2 Å². The van der Waals surface area contributed by atoms with Gasteiger partial charge in [-0.15, -0.1) is 0 Å². The van der Waals surface area contributed by atoms with Crippen LogP contribution < -0.4 is 0 Å². The Labute approximate surface area is 269 Å². The maximum atomic E-state index is 13.3. The molecule has 8 N–H and O–H groups in total. The Morgan fingerprint density at radius 3 is 2.19 bits per heavy atom.